The van der Waals surface area contributed by atoms with Crippen molar-refractivity contribution in [3.63, 3.8) is 0 Å². The summed E-state index contributed by atoms with van der Waals surface area (Å²) < 4.78 is 34.1. The Morgan fingerprint density at radius 2 is 0.362 bits per heavy atom. The molecule has 9 rings (SSSR count). The van der Waals surface area contributed by atoms with Gasteiger partial charge >= 0.3 is 35.8 Å². The van der Waals surface area contributed by atoms with E-state index in [-0.39, 0.29) is 0 Å². The Morgan fingerprint density at radius 3 is 0.464 bits per heavy atom. The fourth-order valence-electron chi connectivity index (χ4n) is 9.71. The third-order valence-corrected chi connectivity index (χ3v) is 12.4. The van der Waals surface area contributed by atoms with Gasteiger partial charge < -0.3 is 28.4 Å². The monoisotopic (exact) mass is 930 g/mol. The average molecular weight is 931 g/mol. The van der Waals surface area contributed by atoms with Crippen molar-refractivity contribution in [2.24, 2.45) is 0 Å². The topological polar surface area (TPSA) is 158 Å². The molecule has 3 aliphatic rings. The summed E-state index contributed by atoms with van der Waals surface area (Å²) in [7, 11) is 0. The van der Waals surface area contributed by atoms with E-state index in [9.17, 15) is 28.8 Å². The molecular weight excluding hydrogens is 877 g/mol. The predicted octanol–water partition coefficient (Wildman–Crippen LogP) is 9.92. The summed E-state index contributed by atoms with van der Waals surface area (Å²) in [5, 5.41) is 0. The first-order valence-electron chi connectivity index (χ1n) is 22.5. The van der Waals surface area contributed by atoms with Crippen molar-refractivity contribution in [2.75, 3.05) is 0 Å². The van der Waals surface area contributed by atoms with Gasteiger partial charge in [0.2, 0.25) is 0 Å². The molecule has 3 saturated carbocycles. The lowest BCUT2D eigenvalue weighted by Crippen LogP contribution is -2.31. The lowest BCUT2D eigenvalue weighted by Gasteiger charge is -2.26. The van der Waals surface area contributed by atoms with Gasteiger partial charge in [0.1, 0.15) is 0 Å². The lowest BCUT2D eigenvalue weighted by atomic mass is 9.98. The molecule has 0 radical (unpaired) electrons. The van der Waals surface area contributed by atoms with Gasteiger partial charge in [-0.3, -0.25) is 28.8 Å². The van der Waals surface area contributed by atoms with Crippen LogP contribution in [-0.2, 0) is 90.8 Å². The molecule has 6 atom stereocenters. The van der Waals surface area contributed by atoms with Gasteiger partial charge in [0, 0.05) is 94.2 Å². The van der Waals surface area contributed by atoms with E-state index < -0.39 is 69.4 Å². The Bertz CT molecular complexity index is 2290. The highest BCUT2D eigenvalue weighted by molar-refractivity contribution is 5.73. The van der Waals surface area contributed by atoms with Gasteiger partial charge in [0.15, 0.2) is 33.6 Å². The van der Waals surface area contributed by atoms with Crippen LogP contribution in [0, 0.1) is 0 Å². The maximum atomic E-state index is 11.7. The average Bonchev–Trinajstić information content (AvgIpc) is 4.28. The van der Waals surface area contributed by atoms with Crippen molar-refractivity contribution < 1.29 is 57.2 Å². The molecule has 0 bridgehead atoms. The molecule has 0 amide bonds. The fourth-order valence-corrected chi connectivity index (χ4v) is 9.71. The van der Waals surface area contributed by atoms with Crippen LogP contribution < -0.4 is 0 Å². The van der Waals surface area contributed by atoms with E-state index in [1.54, 1.807) is 0 Å². The van der Waals surface area contributed by atoms with E-state index in [2.05, 4.69) is 0 Å². The summed E-state index contributed by atoms with van der Waals surface area (Å²) in [4.78, 5) is 70.3. The van der Waals surface area contributed by atoms with Crippen LogP contribution >= 0.6 is 0 Å². The van der Waals surface area contributed by atoms with Crippen LogP contribution in [0.15, 0.2) is 182 Å². The van der Waals surface area contributed by atoms with Gasteiger partial charge in [-0.05, 0) is 0 Å². The number of carbonyl (C=O) groups is 6. The number of benzene rings is 6. The number of esters is 6. The zero-order chi connectivity index (χ0) is 49.5. The van der Waals surface area contributed by atoms with Crippen LogP contribution in [0.1, 0.15) is 94.2 Å². The third-order valence-electron chi connectivity index (χ3n) is 12.4. The van der Waals surface area contributed by atoms with E-state index >= 15 is 0 Å². The highest BCUT2D eigenvalue weighted by Gasteiger charge is 2.78. The molecule has 69 heavy (non-hydrogen) atoms. The molecule has 0 N–H and O–H groups in total. The molecule has 6 aromatic carbocycles. The lowest BCUT2D eigenvalue weighted by molar-refractivity contribution is -0.167. The molecule has 0 saturated heterocycles. The van der Waals surface area contributed by atoms with Gasteiger partial charge in [-0.2, -0.15) is 0 Å². The van der Waals surface area contributed by atoms with E-state index in [1.807, 2.05) is 182 Å². The zero-order valence-electron chi connectivity index (χ0n) is 39.3. The standard InChI is InChI=1S/3C19H18O4/c3*1-14(20)22-18(16-9-5-3-6-10-16)13-19(18,23-15(2)21)17-11-7-4-8-12-17/h3*3-12H,13H2,1-2H3/t3*18-,19+. The van der Waals surface area contributed by atoms with Crippen LogP contribution in [0.25, 0.3) is 0 Å². The Balaban J connectivity index is 0.000000153. The van der Waals surface area contributed by atoms with Crippen molar-refractivity contribution in [3.05, 3.63) is 215 Å². The second-order valence-electron chi connectivity index (χ2n) is 17.3. The summed E-state index contributed by atoms with van der Waals surface area (Å²) in [5.74, 6) is -2.42. The minimum absolute atomic E-state index is 0.404. The summed E-state index contributed by atoms with van der Waals surface area (Å²) >= 11 is 0. The molecule has 3 aliphatic carbocycles. The first-order valence-corrected chi connectivity index (χ1v) is 22.5. The molecule has 0 spiro atoms. The van der Waals surface area contributed by atoms with Gasteiger partial charge in [0.05, 0.1) is 0 Å². The Hall–Kier alpha value is -7.86. The third kappa shape index (κ3) is 9.65. The second-order valence-corrected chi connectivity index (χ2v) is 17.3. The minimum Gasteiger partial charge on any atom is -0.449 e. The number of rotatable bonds is 12. The van der Waals surface area contributed by atoms with E-state index in [4.69, 9.17) is 28.4 Å². The first kappa shape index (κ1) is 49.1. The Labute approximate surface area is 401 Å². The van der Waals surface area contributed by atoms with E-state index in [0.717, 1.165) is 33.4 Å². The largest absolute Gasteiger partial charge is 0.449 e. The van der Waals surface area contributed by atoms with Crippen molar-refractivity contribution in [1.29, 1.82) is 0 Å². The molecule has 12 nitrogen and oxygen atoms in total. The van der Waals surface area contributed by atoms with Crippen LogP contribution in [0.5, 0.6) is 0 Å². The number of hydrogen-bond donors (Lipinski definition) is 0. The van der Waals surface area contributed by atoms with Gasteiger partial charge in [-0.1, -0.05) is 182 Å². The molecular formula is C57H54O12. The number of hydrogen-bond acceptors (Lipinski definition) is 12. The molecule has 6 aromatic rings. The van der Waals surface area contributed by atoms with Gasteiger partial charge in [-0.25, -0.2) is 0 Å². The normalized spacial score (nSPS) is 25.5. The summed E-state index contributed by atoms with van der Waals surface area (Å²) in [6, 6.07) is 56.5. The van der Waals surface area contributed by atoms with Crippen molar-refractivity contribution in [3.8, 4) is 0 Å². The Kier molecular flexibility index (Phi) is 14.1. The summed E-state index contributed by atoms with van der Waals surface area (Å²) in [5.41, 5.74) is -0.956. The quantitative estimate of drug-likeness (QED) is 0.0846. The van der Waals surface area contributed by atoms with Gasteiger partial charge in [-0.15, -0.1) is 0 Å². The van der Waals surface area contributed by atoms with Crippen LogP contribution in [0.2, 0.25) is 0 Å². The van der Waals surface area contributed by atoms with E-state index in [1.165, 1.54) is 41.5 Å². The highest BCUT2D eigenvalue weighted by Crippen LogP contribution is 2.69. The van der Waals surface area contributed by atoms with Crippen molar-refractivity contribution in [2.45, 2.75) is 94.4 Å². The zero-order valence-corrected chi connectivity index (χ0v) is 39.3. The van der Waals surface area contributed by atoms with Crippen molar-refractivity contribution in [1.82, 2.24) is 0 Å². The van der Waals surface area contributed by atoms with Crippen LogP contribution in [0.4, 0.5) is 0 Å². The SMILES string of the molecule is CC(=O)O[C@]1(c2ccccc2)C[C@@]1(OC(C)=O)c1ccccc1.CC(=O)O[C@]1(c2ccccc2)C[C@@]1(OC(C)=O)c1ccccc1.CC(=O)O[C@]1(c2ccccc2)C[C@@]1(OC(C)=O)c1ccccc1. The maximum absolute atomic E-state index is 11.7. The smallest absolute Gasteiger partial charge is 0.303 e. The highest BCUT2D eigenvalue weighted by atomic mass is 16.6. The van der Waals surface area contributed by atoms with Crippen LogP contribution in [0.3, 0.4) is 0 Å². The summed E-state index contributed by atoms with van der Waals surface area (Å²) in [6.07, 6.45) is 1.23. The number of ether oxygens (including phenoxy) is 6. The minimum atomic E-state index is -0.979. The summed E-state index contributed by atoms with van der Waals surface area (Å²) in [6.45, 7) is 8.21. The molecule has 0 aliphatic heterocycles. The molecule has 0 heterocycles. The first-order chi connectivity index (χ1) is 33.0. The molecule has 3 fully saturated rings. The molecule has 12 heteroatoms. The second kappa shape index (κ2) is 19.8. The molecule has 354 valence electrons. The number of carbonyl (C=O) groups excluding carboxylic acids is 6. The van der Waals surface area contributed by atoms with Crippen LogP contribution in [-0.4, -0.2) is 35.8 Å². The fraction of sp³-hybridized carbons (Fsp3) is 0.263. The predicted molar refractivity (Wildman–Crippen MR) is 253 cm³/mol. The molecule has 0 unspecified atom stereocenters. The van der Waals surface area contributed by atoms with Gasteiger partial charge in [0.25, 0.3) is 0 Å². The van der Waals surface area contributed by atoms with Crippen molar-refractivity contribution >= 4 is 35.8 Å². The Morgan fingerprint density at radius 1 is 0.246 bits per heavy atom. The maximum Gasteiger partial charge on any atom is 0.303 e. The van der Waals surface area contributed by atoms with E-state index in [0.29, 0.717) is 19.3 Å². The molecule has 0 aromatic heterocycles.